The molecule has 4 heteroatoms. The molecule has 1 aromatic carbocycles. The van der Waals surface area contributed by atoms with Gasteiger partial charge in [0.15, 0.2) is 5.78 Å². The van der Waals surface area contributed by atoms with Crippen LogP contribution in [0.3, 0.4) is 0 Å². The molecule has 0 atom stereocenters. The number of Topliss-reactive ketones (excluding diaryl/α,β-unsaturated/α-hetero) is 1. The standard InChI is InChI=1S/C14H13F3O/c15-14(16,17)12-8-6-11(7-9-12)13(18)10-4-2-1-3-5-10/h4,6-9H,1-3,5H2. The molecule has 18 heavy (non-hydrogen) atoms. The zero-order chi connectivity index (χ0) is 13.2. The van der Waals surface area contributed by atoms with Gasteiger partial charge < -0.3 is 0 Å². The number of alkyl halides is 3. The van der Waals surface area contributed by atoms with Gasteiger partial charge in [-0.1, -0.05) is 18.2 Å². The van der Waals surface area contributed by atoms with Crippen LogP contribution >= 0.6 is 0 Å². The van der Waals surface area contributed by atoms with Crippen LogP contribution in [0.4, 0.5) is 13.2 Å². The molecular formula is C14H13F3O. The summed E-state index contributed by atoms with van der Waals surface area (Å²) in [6.07, 6.45) is 1.18. The molecule has 0 heterocycles. The van der Waals surface area contributed by atoms with Gasteiger partial charge in [0.1, 0.15) is 0 Å². The summed E-state index contributed by atoms with van der Waals surface area (Å²) in [5, 5.41) is 0. The second-order valence-corrected chi connectivity index (χ2v) is 4.38. The fourth-order valence-electron chi connectivity index (χ4n) is 2.04. The van der Waals surface area contributed by atoms with E-state index >= 15 is 0 Å². The Bertz CT molecular complexity index is 469. The van der Waals surface area contributed by atoms with Crippen LogP contribution in [0.5, 0.6) is 0 Å². The Morgan fingerprint density at radius 2 is 1.72 bits per heavy atom. The van der Waals surface area contributed by atoms with Gasteiger partial charge in [0.25, 0.3) is 0 Å². The van der Waals surface area contributed by atoms with Gasteiger partial charge in [-0.05, 0) is 43.4 Å². The van der Waals surface area contributed by atoms with Crippen molar-refractivity contribution in [1.82, 2.24) is 0 Å². The van der Waals surface area contributed by atoms with Gasteiger partial charge in [0.2, 0.25) is 0 Å². The van der Waals surface area contributed by atoms with Crippen molar-refractivity contribution in [3.05, 3.63) is 47.0 Å². The maximum atomic E-state index is 12.4. The number of hydrogen-bond acceptors (Lipinski definition) is 1. The molecule has 0 aromatic heterocycles. The predicted molar refractivity (Wildman–Crippen MR) is 62.3 cm³/mol. The van der Waals surface area contributed by atoms with E-state index in [1.54, 1.807) is 0 Å². The largest absolute Gasteiger partial charge is 0.416 e. The third kappa shape index (κ3) is 2.81. The highest BCUT2D eigenvalue weighted by Gasteiger charge is 2.30. The molecule has 0 bridgehead atoms. The Hall–Kier alpha value is -1.58. The lowest BCUT2D eigenvalue weighted by Gasteiger charge is -2.12. The fraction of sp³-hybridized carbons (Fsp3) is 0.357. The number of hydrogen-bond donors (Lipinski definition) is 0. The van der Waals surface area contributed by atoms with Crippen molar-refractivity contribution in [3.63, 3.8) is 0 Å². The summed E-state index contributed by atoms with van der Waals surface area (Å²) < 4.78 is 37.1. The van der Waals surface area contributed by atoms with Crippen LogP contribution in [-0.2, 0) is 6.18 Å². The number of allylic oxidation sites excluding steroid dienone is 2. The number of benzene rings is 1. The molecule has 1 nitrogen and oxygen atoms in total. The quantitative estimate of drug-likeness (QED) is 0.715. The monoisotopic (exact) mass is 254 g/mol. The molecule has 0 saturated carbocycles. The van der Waals surface area contributed by atoms with E-state index in [0.717, 1.165) is 43.4 Å². The Kier molecular flexibility index (Phi) is 3.55. The molecular weight excluding hydrogens is 241 g/mol. The summed E-state index contributed by atoms with van der Waals surface area (Å²) >= 11 is 0. The summed E-state index contributed by atoms with van der Waals surface area (Å²) in [6.45, 7) is 0. The van der Waals surface area contributed by atoms with Gasteiger partial charge in [-0.2, -0.15) is 13.2 Å². The van der Waals surface area contributed by atoms with E-state index in [4.69, 9.17) is 0 Å². The SMILES string of the molecule is O=C(C1=CCCCC1)c1ccc(C(F)(F)F)cc1. The van der Waals surface area contributed by atoms with Gasteiger partial charge in [-0.25, -0.2) is 0 Å². The van der Waals surface area contributed by atoms with Gasteiger partial charge in [0.05, 0.1) is 5.56 Å². The first-order chi connectivity index (χ1) is 8.48. The van der Waals surface area contributed by atoms with Crippen LogP contribution in [0.1, 0.15) is 41.6 Å². The Morgan fingerprint density at radius 1 is 1.06 bits per heavy atom. The molecule has 2 rings (SSSR count). The van der Waals surface area contributed by atoms with E-state index in [9.17, 15) is 18.0 Å². The Morgan fingerprint density at radius 3 is 2.22 bits per heavy atom. The fourth-order valence-corrected chi connectivity index (χ4v) is 2.04. The maximum Gasteiger partial charge on any atom is 0.416 e. The second-order valence-electron chi connectivity index (χ2n) is 4.38. The maximum absolute atomic E-state index is 12.4. The topological polar surface area (TPSA) is 17.1 Å². The van der Waals surface area contributed by atoms with E-state index in [0.29, 0.717) is 5.56 Å². The average Bonchev–Trinajstić information content (AvgIpc) is 2.38. The van der Waals surface area contributed by atoms with E-state index < -0.39 is 11.7 Å². The molecule has 0 amide bonds. The number of ketones is 1. The first kappa shape index (κ1) is 12.9. The van der Waals surface area contributed by atoms with Crippen LogP contribution < -0.4 is 0 Å². The summed E-state index contributed by atoms with van der Waals surface area (Å²) in [6, 6.07) is 4.41. The minimum atomic E-state index is -4.36. The number of rotatable bonds is 2. The Balaban J connectivity index is 2.19. The van der Waals surface area contributed by atoms with Crippen molar-refractivity contribution in [2.24, 2.45) is 0 Å². The van der Waals surface area contributed by atoms with E-state index in [1.165, 1.54) is 12.1 Å². The minimum Gasteiger partial charge on any atom is -0.289 e. The van der Waals surface area contributed by atoms with Crippen molar-refractivity contribution < 1.29 is 18.0 Å². The van der Waals surface area contributed by atoms with Gasteiger partial charge in [-0.15, -0.1) is 0 Å². The highest BCUT2D eigenvalue weighted by Crippen LogP contribution is 2.29. The second kappa shape index (κ2) is 4.96. The van der Waals surface area contributed by atoms with Crippen molar-refractivity contribution in [3.8, 4) is 0 Å². The normalized spacial score (nSPS) is 16.3. The third-order valence-corrected chi connectivity index (χ3v) is 3.06. The molecule has 0 saturated heterocycles. The summed E-state index contributed by atoms with van der Waals surface area (Å²) in [7, 11) is 0. The lowest BCUT2D eigenvalue weighted by Crippen LogP contribution is -2.08. The van der Waals surface area contributed by atoms with Crippen LogP contribution in [0.15, 0.2) is 35.9 Å². The molecule has 0 unspecified atom stereocenters. The molecule has 0 N–H and O–H groups in total. The number of carbonyl (C=O) groups excluding carboxylic acids is 1. The zero-order valence-electron chi connectivity index (χ0n) is 9.76. The lowest BCUT2D eigenvalue weighted by molar-refractivity contribution is -0.137. The van der Waals surface area contributed by atoms with E-state index in [1.807, 2.05) is 6.08 Å². The molecule has 96 valence electrons. The molecule has 0 spiro atoms. The van der Waals surface area contributed by atoms with Crippen LogP contribution in [-0.4, -0.2) is 5.78 Å². The highest BCUT2D eigenvalue weighted by atomic mass is 19.4. The van der Waals surface area contributed by atoms with Gasteiger partial charge in [0, 0.05) is 5.56 Å². The molecule has 1 aliphatic rings. The first-order valence-corrected chi connectivity index (χ1v) is 5.89. The lowest BCUT2D eigenvalue weighted by atomic mass is 9.93. The highest BCUT2D eigenvalue weighted by molar-refractivity contribution is 6.08. The average molecular weight is 254 g/mol. The van der Waals surface area contributed by atoms with Gasteiger partial charge in [-0.3, -0.25) is 4.79 Å². The van der Waals surface area contributed by atoms with Crippen molar-refractivity contribution >= 4 is 5.78 Å². The molecule has 0 fully saturated rings. The molecule has 0 aliphatic heterocycles. The molecule has 1 aromatic rings. The predicted octanol–water partition coefficient (Wildman–Crippen LogP) is 4.39. The summed E-state index contributed by atoms with van der Waals surface area (Å²) in [5.41, 5.74) is 0.328. The van der Waals surface area contributed by atoms with Gasteiger partial charge >= 0.3 is 6.18 Å². The third-order valence-electron chi connectivity index (χ3n) is 3.06. The van der Waals surface area contributed by atoms with Crippen molar-refractivity contribution in [2.45, 2.75) is 31.9 Å². The molecule has 1 aliphatic carbocycles. The van der Waals surface area contributed by atoms with E-state index in [-0.39, 0.29) is 5.78 Å². The van der Waals surface area contributed by atoms with E-state index in [2.05, 4.69) is 0 Å². The van der Waals surface area contributed by atoms with Crippen molar-refractivity contribution in [1.29, 1.82) is 0 Å². The Labute approximate surface area is 103 Å². The zero-order valence-corrected chi connectivity index (χ0v) is 9.76. The number of halogens is 3. The van der Waals surface area contributed by atoms with Crippen LogP contribution in [0, 0.1) is 0 Å². The minimum absolute atomic E-state index is 0.150. The summed E-state index contributed by atoms with van der Waals surface area (Å²) in [4.78, 5) is 12.0. The first-order valence-electron chi connectivity index (χ1n) is 5.89. The number of carbonyl (C=O) groups is 1. The van der Waals surface area contributed by atoms with Crippen molar-refractivity contribution in [2.75, 3.05) is 0 Å². The summed E-state index contributed by atoms with van der Waals surface area (Å²) in [5.74, 6) is -0.150. The molecule has 0 radical (unpaired) electrons. The van der Waals surface area contributed by atoms with Crippen LogP contribution in [0.2, 0.25) is 0 Å². The van der Waals surface area contributed by atoms with Crippen LogP contribution in [0.25, 0.3) is 0 Å². The smallest absolute Gasteiger partial charge is 0.289 e.